The standard InChI is InChI=1S/C11H22BrNO3S/c1-10(2,3)9-17(14,15)13-11(8-12)4-6-16-7-5-11/h13H,4-9H2,1-3H3. The zero-order chi connectivity index (χ0) is 13.2. The molecular formula is C11H22BrNO3S. The Labute approximate surface area is 113 Å². The average Bonchev–Trinajstić information content (AvgIpc) is 2.14. The highest BCUT2D eigenvalue weighted by molar-refractivity contribution is 9.09. The highest BCUT2D eigenvalue weighted by atomic mass is 79.9. The largest absolute Gasteiger partial charge is 0.381 e. The second-order valence-corrected chi connectivity index (χ2v) is 8.23. The van der Waals surface area contributed by atoms with E-state index in [2.05, 4.69) is 20.7 Å². The quantitative estimate of drug-likeness (QED) is 0.802. The number of nitrogens with one attached hydrogen (secondary N) is 1. The first kappa shape index (κ1) is 15.4. The van der Waals surface area contributed by atoms with Crippen molar-refractivity contribution in [2.24, 2.45) is 5.41 Å². The van der Waals surface area contributed by atoms with Gasteiger partial charge in [-0.15, -0.1) is 0 Å². The van der Waals surface area contributed by atoms with E-state index in [0.717, 1.165) is 12.8 Å². The minimum atomic E-state index is -3.25. The van der Waals surface area contributed by atoms with Crippen molar-refractivity contribution in [3.05, 3.63) is 0 Å². The van der Waals surface area contributed by atoms with Gasteiger partial charge in [-0.2, -0.15) is 0 Å². The van der Waals surface area contributed by atoms with Crippen LogP contribution < -0.4 is 4.72 Å². The summed E-state index contributed by atoms with van der Waals surface area (Å²) in [7, 11) is -3.25. The van der Waals surface area contributed by atoms with Gasteiger partial charge >= 0.3 is 0 Å². The fourth-order valence-electron chi connectivity index (χ4n) is 1.96. The van der Waals surface area contributed by atoms with Crippen molar-refractivity contribution in [3.8, 4) is 0 Å². The molecule has 1 saturated heterocycles. The maximum absolute atomic E-state index is 12.1. The Kier molecular flexibility index (Phi) is 5.03. The molecule has 4 nitrogen and oxygen atoms in total. The number of sulfonamides is 1. The maximum Gasteiger partial charge on any atom is 0.212 e. The molecule has 1 aliphatic rings. The molecule has 0 atom stereocenters. The van der Waals surface area contributed by atoms with Gasteiger partial charge in [0.25, 0.3) is 0 Å². The monoisotopic (exact) mass is 327 g/mol. The predicted octanol–water partition coefficient (Wildman–Crippen LogP) is 1.90. The van der Waals surface area contributed by atoms with E-state index in [-0.39, 0.29) is 16.7 Å². The fourth-order valence-corrected chi connectivity index (χ4v) is 5.00. The molecule has 17 heavy (non-hydrogen) atoms. The van der Waals surface area contributed by atoms with Crippen LogP contribution in [0.25, 0.3) is 0 Å². The summed E-state index contributed by atoms with van der Waals surface area (Å²) in [5.74, 6) is 0.148. The molecule has 1 aliphatic heterocycles. The predicted molar refractivity (Wildman–Crippen MR) is 73.0 cm³/mol. The summed E-state index contributed by atoms with van der Waals surface area (Å²) < 4.78 is 32.4. The molecule has 1 fully saturated rings. The first-order valence-electron chi connectivity index (χ1n) is 5.83. The normalized spacial score (nSPS) is 21.4. The second-order valence-electron chi connectivity index (χ2n) is 5.95. The molecule has 0 spiro atoms. The number of alkyl halides is 1. The van der Waals surface area contributed by atoms with Crippen LogP contribution in [0.15, 0.2) is 0 Å². The molecule has 1 rings (SSSR count). The van der Waals surface area contributed by atoms with Gasteiger partial charge < -0.3 is 4.74 Å². The summed E-state index contributed by atoms with van der Waals surface area (Å²) in [6, 6.07) is 0. The van der Waals surface area contributed by atoms with Crippen LogP contribution >= 0.6 is 15.9 Å². The minimum Gasteiger partial charge on any atom is -0.381 e. The molecule has 1 heterocycles. The highest BCUT2D eigenvalue weighted by Gasteiger charge is 2.36. The molecule has 102 valence electrons. The molecule has 0 aromatic carbocycles. The highest BCUT2D eigenvalue weighted by Crippen LogP contribution is 2.25. The number of rotatable bonds is 4. The molecular weight excluding hydrogens is 306 g/mol. The van der Waals surface area contributed by atoms with Crippen molar-refractivity contribution in [2.45, 2.75) is 39.2 Å². The molecule has 6 heteroatoms. The third-order valence-electron chi connectivity index (χ3n) is 2.70. The minimum absolute atomic E-state index is 0.148. The lowest BCUT2D eigenvalue weighted by molar-refractivity contribution is 0.0557. The van der Waals surface area contributed by atoms with E-state index >= 15 is 0 Å². The molecule has 0 aromatic heterocycles. The Balaban J connectivity index is 2.73. The lowest BCUT2D eigenvalue weighted by atomic mass is 9.94. The first-order chi connectivity index (χ1) is 7.68. The Bertz CT molecular complexity index is 342. The Morgan fingerprint density at radius 3 is 2.24 bits per heavy atom. The van der Waals surface area contributed by atoms with E-state index in [1.165, 1.54) is 0 Å². The van der Waals surface area contributed by atoms with Gasteiger partial charge in [-0.1, -0.05) is 36.7 Å². The third-order valence-corrected chi connectivity index (χ3v) is 5.76. The van der Waals surface area contributed by atoms with E-state index in [0.29, 0.717) is 18.5 Å². The van der Waals surface area contributed by atoms with Gasteiger partial charge in [0.1, 0.15) is 0 Å². The van der Waals surface area contributed by atoms with Crippen LogP contribution in [0.1, 0.15) is 33.6 Å². The summed E-state index contributed by atoms with van der Waals surface area (Å²) in [5.41, 5.74) is -0.604. The van der Waals surface area contributed by atoms with Crippen LogP contribution in [-0.2, 0) is 14.8 Å². The molecule has 0 radical (unpaired) electrons. The van der Waals surface area contributed by atoms with Crippen molar-refractivity contribution in [3.63, 3.8) is 0 Å². The smallest absolute Gasteiger partial charge is 0.212 e. The number of hydrogen-bond donors (Lipinski definition) is 1. The van der Waals surface area contributed by atoms with Gasteiger partial charge in [-0.25, -0.2) is 13.1 Å². The SMILES string of the molecule is CC(C)(C)CS(=O)(=O)NC1(CBr)CCOCC1. The number of ether oxygens (including phenoxy) is 1. The third kappa shape index (κ3) is 5.24. The lowest BCUT2D eigenvalue weighted by Gasteiger charge is -2.36. The van der Waals surface area contributed by atoms with Crippen molar-refractivity contribution in [1.29, 1.82) is 0 Å². The van der Waals surface area contributed by atoms with E-state index in [1.807, 2.05) is 20.8 Å². The van der Waals surface area contributed by atoms with Gasteiger partial charge in [0.15, 0.2) is 0 Å². The van der Waals surface area contributed by atoms with E-state index in [4.69, 9.17) is 4.74 Å². The maximum atomic E-state index is 12.1. The van der Waals surface area contributed by atoms with Crippen LogP contribution in [0.3, 0.4) is 0 Å². The number of halogens is 1. The van der Waals surface area contributed by atoms with Crippen molar-refractivity contribution >= 4 is 26.0 Å². The van der Waals surface area contributed by atoms with Gasteiger partial charge in [0, 0.05) is 24.1 Å². The molecule has 1 N–H and O–H groups in total. The summed E-state index contributed by atoms with van der Waals surface area (Å²) in [6.45, 7) is 7.01. The Morgan fingerprint density at radius 2 is 1.82 bits per heavy atom. The van der Waals surface area contributed by atoms with Crippen LogP contribution in [-0.4, -0.2) is 38.3 Å². The van der Waals surface area contributed by atoms with Crippen LogP contribution in [0.4, 0.5) is 0 Å². The van der Waals surface area contributed by atoms with Crippen LogP contribution in [0.2, 0.25) is 0 Å². The zero-order valence-corrected chi connectivity index (χ0v) is 13.2. The van der Waals surface area contributed by atoms with E-state index in [1.54, 1.807) is 0 Å². The van der Waals surface area contributed by atoms with Gasteiger partial charge in [-0.05, 0) is 18.3 Å². The summed E-state index contributed by atoms with van der Waals surface area (Å²) >= 11 is 3.42. The summed E-state index contributed by atoms with van der Waals surface area (Å²) in [6.07, 6.45) is 1.45. The Morgan fingerprint density at radius 1 is 1.29 bits per heavy atom. The summed E-state index contributed by atoms with van der Waals surface area (Å²) in [4.78, 5) is 0. The first-order valence-corrected chi connectivity index (χ1v) is 8.61. The van der Waals surface area contributed by atoms with E-state index < -0.39 is 10.0 Å². The van der Waals surface area contributed by atoms with Crippen LogP contribution in [0.5, 0.6) is 0 Å². The lowest BCUT2D eigenvalue weighted by Crippen LogP contribution is -2.54. The van der Waals surface area contributed by atoms with Crippen molar-refractivity contribution in [1.82, 2.24) is 4.72 Å². The van der Waals surface area contributed by atoms with Crippen molar-refractivity contribution in [2.75, 3.05) is 24.3 Å². The number of hydrogen-bond acceptors (Lipinski definition) is 3. The summed E-state index contributed by atoms with van der Waals surface area (Å²) in [5, 5.41) is 0.632. The molecule has 0 bridgehead atoms. The topological polar surface area (TPSA) is 55.4 Å². The van der Waals surface area contributed by atoms with Crippen LogP contribution in [0, 0.1) is 5.41 Å². The molecule has 0 aromatic rings. The molecule has 0 amide bonds. The van der Waals surface area contributed by atoms with Gasteiger partial charge in [0.05, 0.1) is 5.75 Å². The van der Waals surface area contributed by atoms with E-state index in [9.17, 15) is 8.42 Å². The molecule has 0 unspecified atom stereocenters. The zero-order valence-electron chi connectivity index (χ0n) is 10.8. The van der Waals surface area contributed by atoms with Gasteiger partial charge in [-0.3, -0.25) is 0 Å². The fraction of sp³-hybridized carbons (Fsp3) is 1.00. The molecule has 0 aliphatic carbocycles. The van der Waals surface area contributed by atoms with Crippen molar-refractivity contribution < 1.29 is 13.2 Å². The Hall–Kier alpha value is 0.350. The molecule has 0 saturated carbocycles. The van der Waals surface area contributed by atoms with Gasteiger partial charge in [0.2, 0.25) is 10.0 Å². The average molecular weight is 328 g/mol. The second kappa shape index (κ2) is 5.55.